The van der Waals surface area contributed by atoms with E-state index in [9.17, 15) is 9.59 Å². The number of hydrogen-bond acceptors (Lipinski definition) is 3. The van der Waals surface area contributed by atoms with Crippen LogP contribution in [0.5, 0.6) is 0 Å². The van der Waals surface area contributed by atoms with Crippen LogP contribution in [-0.4, -0.2) is 36.5 Å². The Balaban J connectivity index is 4.64. The maximum Gasteiger partial charge on any atom is 0.325 e. The third kappa shape index (κ3) is 5.52. The minimum Gasteiger partial charge on any atom is -0.468 e. The molecule has 1 unspecified atom stereocenters. The molecule has 0 aromatic carbocycles. The summed E-state index contributed by atoms with van der Waals surface area (Å²) in [6.07, 6.45) is 0.457. The van der Waals surface area contributed by atoms with Crippen molar-refractivity contribution < 1.29 is 14.3 Å². The summed E-state index contributed by atoms with van der Waals surface area (Å²) < 4.78 is 4.62. The van der Waals surface area contributed by atoms with E-state index in [2.05, 4.69) is 32.4 Å². The fourth-order valence-electron chi connectivity index (χ4n) is 1.45. The molecule has 0 saturated carbocycles. The van der Waals surface area contributed by atoms with E-state index in [1.807, 2.05) is 13.8 Å². The van der Waals surface area contributed by atoms with Crippen molar-refractivity contribution in [2.24, 2.45) is 11.3 Å². The molecule has 0 aliphatic rings. The first kappa shape index (κ1) is 16.9. The first-order valence-electron chi connectivity index (χ1n) is 6.45. The smallest absolute Gasteiger partial charge is 0.325 e. The van der Waals surface area contributed by atoms with E-state index < -0.39 is 0 Å². The van der Waals surface area contributed by atoms with Gasteiger partial charge >= 0.3 is 5.97 Å². The van der Waals surface area contributed by atoms with Crippen LogP contribution in [0.25, 0.3) is 0 Å². The van der Waals surface area contributed by atoms with Gasteiger partial charge in [-0.3, -0.25) is 9.59 Å². The van der Waals surface area contributed by atoms with Crippen LogP contribution in [0.3, 0.4) is 0 Å². The molecule has 4 heteroatoms. The number of amides is 1. The van der Waals surface area contributed by atoms with Crippen LogP contribution < -0.4 is 0 Å². The number of ether oxygens (including phenoxy) is 1. The number of nitrogens with zero attached hydrogens (tertiary/aromatic N) is 1. The van der Waals surface area contributed by atoms with Crippen molar-refractivity contribution in [1.82, 2.24) is 4.90 Å². The minimum atomic E-state index is -0.375. The van der Waals surface area contributed by atoms with Gasteiger partial charge in [-0.1, -0.05) is 27.7 Å². The molecule has 0 N–H and O–H groups in total. The molecule has 0 fully saturated rings. The van der Waals surface area contributed by atoms with Crippen molar-refractivity contribution in [1.29, 1.82) is 0 Å². The summed E-state index contributed by atoms with van der Waals surface area (Å²) in [5.41, 5.74) is 0.0869. The third-order valence-electron chi connectivity index (χ3n) is 3.43. The lowest BCUT2D eigenvalue weighted by atomic mass is 9.80. The Morgan fingerprint density at radius 2 is 1.67 bits per heavy atom. The van der Waals surface area contributed by atoms with Crippen molar-refractivity contribution in [3.63, 3.8) is 0 Å². The molecule has 0 aliphatic carbocycles. The van der Waals surface area contributed by atoms with Gasteiger partial charge in [0.25, 0.3) is 0 Å². The summed E-state index contributed by atoms with van der Waals surface area (Å²) in [6.45, 7) is 12.3. The molecule has 1 atom stereocenters. The van der Waals surface area contributed by atoms with Crippen molar-refractivity contribution >= 4 is 11.9 Å². The van der Waals surface area contributed by atoms with Crippen molar-refractivity contribution in [2.45, 2.75) is 54.0 Å². The largest absolute Gasteiger partial charge is 0.468 e. The minimum absolute atomic E-state index is 0.00349. The Labute approximate surface area is 111 Å². The number of rotatable bonds is 5. The number of esters is 1. The number of carbonyl (C=O) groups is 2. The SMILES string of the molecule is COC(=O)CN(C(=O)CC(C)C(C)(C)C)C(C)C. The highest BCUT2D eigenvalue weighted by molar-refractivity contribution is 5.82. The number of hydrogen-bond donors (Lipinski definition) is 0. The van der Waals surface area contributed by atoms with Crippen LogP contribution in [0.15, 0.2) is 0 Å². The first-order valence-corrected chi connectivity index (χ1v) is 6.45. The Bertz CT molecular complexity index is 292. The zero-order valence-corrected chi connectivity index (χ0v) is 12.7. The summed E-state index contributed by atoms with van der Waals surface area (Å²) in [5.74, 6) is -0.0952. The lowest BCUT2D eigenvalue weighted by molar-refractivity contribution is -0.148. The molecule has 0 saturated heterocycles. The van der Waals surface area contributed by atoms with E-state index >= 15 is 0 Å². The second-order valence-corrected chi connectivity index (χ2v) is 6.16. The molecule has 18 heavy (non-hydrogen) atoms. The Kier molecular flexibility index (Phi) is 6.36. The van der Waals surface area contributed by atoms with Gasteiger partial charge in [-0.25, -0.2) is 0 Å². The topological polar surface area (TPSA) is 46.6 Å². The first-order chi connectivity index (χ1) is 8.09. The Morgan fingerprint density at radius 1 is 1.17 bits per heavy atom. The van der Waals surface area contributed by atoms with Gasteiger partial charge in [-0.2, -0.15) is 0 Å². The molecule has 0 bridgehead atoms. The Hall–Kier alpha value is -1.06. The molecule has 0 heterocycles. The fourth-order valence-corrected chi connectivity index (χ4v) is 1.45. The highest BCUT2D eigenvalue weighted by Gasteiger charge is 2.27. The molecule has 4 nitrogen and oxygen atoms in total. The zero-order valence-electron chi connectivity index (χ0n) is 12.7. The molecule has 106 valence electrons. The van der Waals surface area contributed by atoms with Crippen molar-refractivity contribution in [3.05, 3.63) is 0 Å². The quantitative estimate of drug-likeness (QED) is 0.711. The Morgan fingerprint density at radius 3 is 2.00 bits per heavy atom. The summed E-state index contributed by atoms with van der Waals surface area (Å²) in [7, 11) is 1.34. The van der Waals surface area contributed by atoms with Gasteiger partial charge in [0.2, 0.25) is 5.91 Å². The molecule has 0 aromatic heterocycles. The van der Waals surface area contributed by atoms with Crippen molar-refractivity contribution in [3.8, 4) is 0 Å². The van der Waals surface area contributed by atoms with Gasteiger partial charge in [0.05, 0.1) is 7.11 Å². The zero-order chi connectivity index (χ0) is 14.5. The molecule has 0 aliphatic heterocycles. The molecular weight excluding hydrogens is 230 g/mol. The van der Waals surface area contributed by atoms with E-state index in [-0.39, 0.29) is 35.8 Å². The van der Waals surface area contributed by atoms with E-state index in [4.69, 9.17) is 0 Å². The molecule has 0 rings (SSSR count). The van der Waals surface area contributed by atoms with Gasteiger partial charge in [-0.05, 0) is 25.2 Å². The van der Waals surface area contributed by atoms with Crippen LogP contribution in [-0.2, 0) is 14.3 Å². The van der Waals surface area contributed by atoms with Crippen LogP contribution in [0.1, 0.15) is 48.0 Å². The summed E-state index contributed by atoms with van der Waals surface area (Å²) in [4.78, 5) is 25.1. The van der Waals surface area contributed by atoms with Gasteiger partial charge in [0, 0.05) is 12.5 Å². The van der Waals surface area contributed by atoms with Crippen LogP contribution in [0.4, 0.5) is 0 Å². The van der Waals surface area contributed by atoms with E-state index in [0.29, 0.717) is 6.42 Å². The van der Waals surface area contributed by atoms with Crippen LogP contribution in [0.2, 0.25) is 0 Å². The van der Waals surface area contributed by atoms with Gasteiger partial charge in [0.15, 0.2) is 0 Å². The second-order valence-electron chi connectivity index (χ2n) is 6.16. The lowest BCUT2D eigenvalue weighted by Crippen LogP contribution is -2.42. The standard InChI is InChI=1S/C14H27NO3/c1-10(2)15(9-13(17)18-7)12(16)8-11(3)14(4,5)6/h10-11H,8-9H2,1-7H3. The van der Waals surface area contributed by atoms with E-state index in [0.717, 1.165) is 0 Å². The van der Waals surface area contributed by atoms with Gasteiger partial charge < -0.3 is 9.64 Å². The maximum absolute atomic E-state index is 12.2. The van der Waals surface area contributed by atoms with Crippen molar-refractivity contribution in [2.75, 3.05) is 13.7 Å². The average molecular weight is 257 g/mol. The maximum atomic E-state index is 12.2. The third-order valence-corrected chi connectivity index (χ3v) is 3.43. The number of methoxy groups -OCH3 is 1. The molecular formula is C14H27NO3. The fraction of sp³-hybridized carbons (Fsp3) is 0.857. The molecule has 0 aromatic rings. The summed E-state index contributed by atoms with van der Waals surface area (Å²) >= 11 is 0. The highest BCUT2D eigenvalue weighted by atomic mass is 16.5. The predicted octanol–water partition coefficient (Wildman–Crippen LogP) is 2.47. The van der Waals surface area contributed by atoms with Gasteiger partial charge in [0.1, 0.15) is 6.54 Å². The summed E-state index contributed by atoms with van der Waals surface area (Å²) in [6, 6.07) is 0.00349. The number of carbonyl (C=O) groups excluding carboxylic acids is 2. The average Bonchev–Trinajstić information content (AvgIpc) is 2.23. The predicted molar refractivity (Wildman–Crippen MR) is 72.1 cm³/mol. The molecule has 0 radical (unpaired) electrons. The molecule has 0 spiro atoms. The highest BCUT2D eigenvalue weighted by Crippen LogP contribution is 2.28. The lowest BCUT2D eigenvalue weighted by Gasteiger charge is -2.31. The monoisotopic (exact) mass is 257 g/mol. The van der Waals surface area contributed by atoms with Crippen LogP contribution in [0, 0.1) is 11.3 Å². The van der Waals surface area contributed by atoms with E-state index in [1.54, 1.807) is 4.90 Å². The summed E-state index contributed by atoms with van der Waals surface area (Å²) in [5, 5.41) is 0. The van der Waals surface area contributed by atoms with Gasteiger partial charge in [-0.15, -0.1) is 0 Å². The molecule has 1 amide bonds. The van der Waals surface area contributed by atoms with E-state index in [1.165, 1.54) is 7.11 Å². The van der Waals surface area contributed by atoms with Crippen LogP contribution >= 0.6 is 0 Å². The normalized spacial score (nSPS) is 13.3. The second kappa shape index (κ2) is 6.76.